The van der Waals surface area contributed by atoms with Gasteiger partial charge in [0.15, 0.2) is 0 Å². The van der Waals surface area contributed by atoms with Gasteiger partial charge in [-0.1, -0.05) is 12.1 Å². The minimum atomic E-state index is -0.174. The summed E-state index contributed by atoms with van der Waals surface area (Å²) in [6.07, 6.45) is 3.58. The van der Waals surface area contributed by atoms with Gasteiger partial charge in [-0.05, 0) is 50.8 Å². The largest absolute Gasteiger partial charge is 0.377 e. The van der Waals surface area contributed by atoms with Crippen molar-refractivity contribution in [2.45, 2.75) is 51.3 Å². The molecule has 1 N–H and O–H groups in total. The maximum Gasteiger partial charge on any atom is 0.123 e. The molecule has 0 radical (unpaired) electrons. The van der Waals surface area contributed by atoms with Crippen LogP contribution in [-0.2, 0) is 11.2 Å². The number of hydrogen-bond donors (Lipinski definition) is 1. The van der Waals surface area contributed by atoms with E-state index in [2.05, 4.69) is 19.2 Å². The van der Waals surface area contributed by atoms with E-state index in [0.717, 1.165) is 25.0 Å². The van der Waals surface area contributed by atoms with Gasteiger partial charge in [-0.25, -0.2) is 4.39 Å². The molecular formula is C15H22FNO. The quantitative estimate of drug-likeness (QED) is 0.868. The Morgan fingerprint density at radius 3 is 2.67 bits per heavy atom. The van der Waals surface area contributed by atoms with Gasteiger partial charge in [-0.3, -0.25) is 0 Å². The third-order valence-corrected chi connectivity index (χ3v) is 3.53. The number of halogens is 1. The molecule has 1 aliphatic heterocycles. The molecule has 1 saturated heterocycles. The van der Waals surface area contributed by atoms with E-state index in [9.17, 15) is 4.39 Å². The smallest absolute Gasteiger partial charge is 0.123 e. The van der Waals surface area contributed by atoms with Crippen LogP contribution < -0.4 is 5.32 Å². The molecule has 3 heteroatoms. The fraction of sp³-hybridized carbons (Fsp3) is 0.600. The van der Waals surface area contributed by atoms with E-state index in [1.165, 1.54) is 18.6 Å². The lowest BCUT2D eigenvalue weighted by molar-refractivity contribution is 0.0804. The van der Waals surface area contributed by atoms with Gasteiger partial charge in [0.1, 0.15) is 5.82 Å². The van der Waals surface area contributed by atoms with Gasteiger partial charge >= 0.3 is 0 Å². The molecule has 0 spiro atoms. The molecule has 1 aromatic carbocycles. The average Bonchev–Trinajstić information content (AvgIpc) is 2.85. The van der Waals surface area contributed by atoms with Gasteiger partial charge in [-0.15, -0.1) is 0 Å². The second kappa shape index (κ2) is 6.30. The van der Waals surface area contributed by atoms with Crippen LogP contribution in [0.2, 0.25) is 0 Å². The van der Waals surface area contributed by atoms with Crippen LogP contribution in [0.4, 0.5) is 4.39 Å². The van der Waals surface area contributed by atoms with Crippen LogP contribution in [0, 0.1) is 5.82 Å². The summed E-state index contributed by atoms with van der Waals surface area (Å²) in [4.78, 5) is 0. The molecule has 1 heterocycles. The molecule has 0 bridgehead atoms. The fourth-order valence-electron chi connectivity index (χ4n) is 2.59. The van der Waals surface area contributed by atoms with E-state index in [4.69, 9.17) is 4.74 Å². The minimum absolute atomic E-state index is 0.174. The molecule has 0 amide bonds. The Balaban J connectivity index is 1.80. The molecule has 1 aliphatic rings. The summed E-state index contributed by atoms with van der Waals surface area (Å²) in [5.41, 5.74) is 1.16. The van der Waals surface area contributed by atoms with E-state index in [1.54, 1.807) is 0 Å². The van der Waals surface area contributed by atoms with Crippen LogP contribution in [0.25, 0.3) is 0 Å². The van der Waals surface area contributed by atoms with Crippen LogP contribution in [0.5, 0.6) is 0 Å². The van der Waals surface area contributed by atoms with Crippen molar-refractivity contribution in [1.82, 2.24) is 5.32 Å². The van der Waals surface area contributed by atoms with Crippen LogP contribution in [0.1, 0.15) is 32.3 Å². The first-order valence-electron chi connectivity index (χ1n) is 6.77. The summed E-state index contributed by atoms with van der Waals surface area (Å²) in [7, 11) is 0. The number of benzene rings is 1. The highest BCUT2D eigenvalue weighted by Crippen LogP contribution is 2.16. The number of nitrogens with one attached hydrogen (secondary N) is 1. The lowest BCUT2D eigenvalue weighted by atomic mass is 10.0. The zero-order chi connectivity index (χ0) is 13.0. The number of hydrogen-bond acceptors (Lipinski definition) is 2. The van der Waals surface area contributed by atoms with Crippen molar-refractivity contribution in [2.75, 3.05) is 6.61 Å². The van der Waals surface area contributed by atoms with E-state index >= 15 is 0 Å². The summed E-state index contributed by atoms with van der Waals surface area (Å²) >= 11 is 0. The fourth-order valence-corrected chi connectivity index (χ4v) is 2.59. The first-order valence-corrected chi connectivity index (χ1v) is 6.77. The Bertz CT molecular complexity index is 359. The molecule has 0 aliphatic carbocycles. The van der Waals surface area contributed by atoms with Crippen LogP contribution in [0.15, 0.2) is 24.3 Å². The van der Waals surface area contributed by atoms with Gasteiger partial charge in [0.2, 0.25) is 0 Å². The topological polar surface area (TPSA) is 21.3 Å². The maximum atomic E-state index is 12.8. The molecule has 0 aromatic heterocycles. The van der Waals surface area contributed by atoms with E-state index in [0.29, 0.717) is 18.2 Å². The second-order valence-corrected chi connectivity index (χ2v) is 5.24. The van der Waals surface area contributed by atoms with Crippen LogP contribution >= 0.6 is 0 Å². The van der Waals surface area contributed by atoms with Crippen LogP contribution in [0.3, 0.4) is 0 Å². The normalized spacial score (nSPS) is 22.9. The third kappa shape index (κ3) is 3.79. The number of rotatable bonds is 5. The molecule has 2 rings (SSSR count). The molecule has 1 aromatic rings. The van der Waals surface area contributed by atoms with Crippen LogP contribution in [-0.4, -0.2) is 24.8 Å². The van der Waals surface area contributed by atoms with Crippen molar-refractivity contribution < 1.29 is 9.13 Å². The van der Waals surface area contributed by atoms with Crippen molar-refractivity contribution >= 4 is 0 Å². The van der Waals surface area contributed by atoms with Gasteiger partial charge in [0.25, 0.3) is 0 Å². The van der Waals surface area contributed by atoms with Crippen molar-refractivity contribution in [2.24, 2.45) is 0 Å². The van der Waals surface area contributed by atoms with E-state index in [1.807, 2.05) is 12.1 Å². The highest BCUT2D eigenvalue weighted by atomic mass is 19.1. The summed E-state index contributed by atoms with van der Waals surface area (Å²) in [5, 5.41) is 3.57. The highest BCUT2D eigenvalue weighted by molar-refractivity contribution is 5.17. The molecule has 2 nitrogen and oxygen atoms in total. The Morgan fingerprint density at radius 2 is 2.06 bits per heavy atom. The Labute approximate surface area is 109 Å². The van der Waals surface area contributed by atoms with Gasteiger partial charge in [0, 0.05) is 18.7 Å². The van der Waals surface area contributed by atoms with E-state index in [-0.39, 0.29) is 5.82 Å². The molecular weight excluding hydrogens is 229 g/mol. The number of ether oxygens (including phenoxy) is 1. The predicted molar refractivity (Wildman–Crippen MR) is 71.1 cm³/mol. The minimum Gasteiger partial charge on any atom is -0.377 e. The summed E-state index contributed by atoms with van der Waals surface area (Å²) in [5.74, 6) is -0.174. The molecule has 3 atom stereocenters. The van der Waals surface area contributed by atoms with Gasteiger partial charge in [0.05, 0.1) is 6.10 Å². The zero-order valence-corrected chi connectivity index (χ0v) is 11.2. The maximum absolute atomic E-state index is 12.8. The van der Waals surface area contributed by atoms with Crippen molar-refractivity contribution in [3.05, 3.63) is 35.6 Å². The van der Waals surface area contributed by atoms with Crippen molar-refractivity contribution in [3.63, 3.8) is 0 Å². The Kier molecular flexibility index (Phi) is 4.72. The highest BCUT2D eigenvalue weighted by Gasteiger charge is 2.23. The summed E-state index contributed by atoms with van der Waals surface area (Å²) in [6, 6.07) is 7.49. The van der Waals surface area contributed by atoms with E-state index < -0.39 is 0 Å². The first-order chi connectivity index (χ1) is 8.65. The Hall–Kier alpha value is -0.930. The Morgan fingerprint density at radius 1 is 1.33 bits per heavy atom. The molecule has 100 valence electrons. The molecule has 3 unspecified atom stereocenters. The lowest BCUT2D eigenvalue weighted by Crippen LogP contribution is -2.42. The third-order valence-electron chi connectivity index (χ3n) is 3.53. The average molecular weight is 251 g/mol. The standard InChI is InChI=1S/C15H22FNO/c1-11(10-13-5-7-14(16)8-6-13)17-12(2)15-4-3-9-18-15/h5-8,11-12,15,17H,3-4,9-10H2,1-2H3. The summed E-state index contributed by atoms with van der Waals surface area (Å²) < 4.78 is 18.5. The molecule has 0 saturated carbocycles. The van der Waals surface area contributed by atoms with Gasteiger partial charge < -0.3 is 10.1 Å². The lowest BCUT2D eigenvalue weighted by Gasteiger charge is -2.24. The molecule has 1 fully saturated rings. The SMILES string of the molecule is CC(Cc1ccc(F)cc1)NC(C)C1CCCO1. The van der Waals surface area contributed by atoms with Gasteiger partial charge in [-0.2, -0.15) is 0 Å². The predicted octanol–water partition coefficient (Wildman–Crippen LogP) is 2.91. The first kappa shape index (κ1) is 13.5. The second-order valence-electron chi connectivity index (χ2n) is 5.24. The van der Waals surface area contributed by atoms with Crippen molar-refractivity contribution in [1.29, 1.82) is 0 Å². The monoisotopic (exact) mass is 251 g/mol. The van der Waals surface area contributed by atoms with Crippen molar-refractivity contribution in [3.8, 4) is 0 Å². The summed E-state index contributed by atoms with van der Waals surface area (Å²) in [6.45, 7) is 5.23. The zero-order valence-electron chi connectivity index (χ0n) is 11.2. The molecule has 18 heavy (non-hydrogen) atoms.